The first-order chi connectivity index (χ1) is 10.6. The van der Waals surface area contributed by atoms with Crippen molar-refractivity contribution in [3.63, 3.8) is 0 Å². The molecule has 0 aromatic heterocycles. The second-order valence-corrected chi connectivity index (χ2v) is 6.26. The summed E-state index contributed by atoms with van der Waals surface area (Å²) in [6, 6.07) is 7.86. The normalized spacial score (nSPS) is 29.0. The van der Waals surface area contributed by atoms with E-state index < -0.39 is 24.0 Å². The summed E-state index contributed by atoms with van der Waals surface area (Å²) in [6.45, 7) is 0. The molecule has 3 unspecified atom stereocenters. The van der Waals surface area contributed by atoms with Gasteiger partial charge in [0.2, 0.25) is 0 Å². The summed E-state index contributed by atoms with van der Waals surface area (Å²) in [6.07, 6.45) is 3.13. The second-order valence-electron chi connectivity index (χ2n) is 6.26. The molecule has 2 aliphatic rings. The molecule has 1 saturated heterocycles. The molecule has 5 nitrogen and oxygen atoms in total. The van der Waals surface area contributed by atoms with Crippen LogP contribution in [0.5, 0.6) is 0 Å². The number of hydrogen-bond acceptors (Lipinski definition) is 3. The second kappa shape index (κ2) is 6.08. The molecule has 1 aromatic carbocycles. The first kappa shape index (κ1) is 15.0. The van der Waals surface area contributed by atoms with Crippen LogP contribution in [0.4, 0.5) is 0 Å². The van der Waals surface area contributed by atoms with Crippen LogP contribution in [0.3, 0.4) is 0 Å². The van der Waals surface area contributed by atoms with Crippen molar-refractivity contribution in [2.24, 2.45) is 5.92 Å². The third kappa shape index (κ3) is 2.61. The quantitative estimate of drug-likeness (QED) is 0.895. The molecule has 5 heteroatoms. The molecule has 1 aliphatic heterocycles. The minimum atomic E-state index is -1.29. The average Bonchev–Trinajstić information content (AvgIpc) is 2.94. The average molecular weight is 303 g/mol. The minimum Gasteiger partial charge on any atom is -0.480 e. The maximum absolute atomic E-state index is 12.7. The van der Waals surface area contributed by atoms with Crippen molar-refractivity contribution in [2.45, 2.75) is 50.3 Å². The van der Waals surface area contributed by atoms with Gasteiger partial charge in [0, 0.05) is 6.04 Å². The van der Waals surface area contributed by atoms with Gasteiger partial charge in [0.25, 0.3) is 5.91 Å². The number of aliphatic hydroxyl groups is 1. The highest BCUT2D eigenvalue weighted by Crippen LogP contribution is 2.41. The summed E-state index contributed by atoms with van der Waals surface area (Å²) in [7, 11) is 0. The number of amides is 1. The number of rotatable bonds is 3. The third-order valence-corrected chi connectivity index (χ3v) is 4.98. The van der Waals surface area contributed by atoms with Gasteiger partial charge in [-0.25, -0.2) is 4.79 Å². The number of benzene rings is 1. The molecule has 4 atom stereocenters. The fourth-order valence-corrected chi connectivity index (χ4v) is 3.92. The van der Waals surface area contributed by atoms with Gasteiger partial charge in [-0.1, -0.05) is 43.2 Å². The van der Waals surface area contributed by atoms with Gasteiger partial charge in [0.1, 0.15) is 6.04 Å². The van der Waals surface area contributed by atoms with E-state index >= 15 is 0 Å². The number of carbonyl (C=O) groups excluding carboxylic acids is 1. The van der Waals surface area contributed by atoms with E-state index in [2.05, 4.69) is 0 Å². The van der Waals surface area contributed by atoms with Crippen LogP contribution in [0.1, 0.15) is 43.8 Å². The summed E-state index contributed by atoms with van der Waals surface area (Å²) in [5.74, 6) is -1.20. The molecule has 1 amide bonds. The molecule has 22 heavy (non-hydrogen) atoms. The van der Waals surface area contributed by atoms with Gasteiger partial charge in [-0.05, 0) is 30.7 Å². The Kier molecular flexibility index (Phi) is 4.16. The highest BCUT2D eigenvalue weighted by molar-refractivity contribution is 5.88. The number of likely N-dealkylation sites (tertiary alicyclic amines) is 1. The number of carboxylic acid groups (broad SMARTS) is 1. The molecule has 2 N–H and O–H groups in total. The van der Waals surface area contributed by atoms with Crippen LogP contribution in [0, 0.1) is 5.92 Å². The summed E-state index contributed by atoms with van der Waals surface area (Å²) >= 11 is 0. The Morgan fingerprint density at radius 2 is 1.82 bits per heavy atom. The largest absolute Gasteiger partial charge is 0.480 e. The van der Waals surface area contributed by atoms with E-state index in [0.29, 0.717) is 12.0 Å². The van der Waals surface area contributed by atoms with Crippen molar-refractivity contribution < 1.29 is 19.8 Å². The van der Waals surface area contributed by atoms with Crippen molar-refractivity contribution in [3.8, 4) is 0 Å². The third-order valence-electron chi connectivity index (χ3n) is 4.98. The fourth-order valence-electron chi connectivity index (χ4n) is 3.92. The van der Waals surface area contributed by atoms with E-state index in [-0.39, 0.29) is 12.0 Å². The smallest absolute Gasteiger partial charge is 0.326 e. The van der Waals surface area contributed by atoms with Gasteiger partial charge >= 0.3 is 5.97 Å². The Morgan fingerprint density at radius 1 is 1.14 bits per heavy atom. The van der Waals surface area contributed by atoms with Gasteiger partial charge in [-0.15, -0.1) is 0 Å². The number of hydrogen-bond donors (Lipinski definition) is 2. The number of nitrogens with zero attached hydrogens (tertiary/aromatic N) is 1. The van der Waals surface area contributed by atoms with E-state index in [1.165, 1.54) is 4.90 Å². The molecule has 1 saturated carbocycles. The van der Waals surface area contributed by atoms with Crippen molar-refractivity contribution in [3.05, 3.63) is 35.9 Å². The zero-order valence-electron chi connectivity index (χ0n) is 12.4. The van der Waals surface area contributed by atoms with Crippen LogP contribution in [0.25, 0.3) is 0 Å². The van der Waals surface area contributed by atoms with Gasteiger partial charge in [-0.3, -0.25) is 4.79 Å². The molecule has 0 radical (unpaired) electrons. The Labute approximate surface area is 129 Å². The number of aliphatic hydroxyl groups excluding tert-OH is 1. The lowest BCUT2D eigenvalue weighted by Crippen LogP contribution is -2.48. The predicted octanol–water partition coefficient (Wildman–Crippen LogP) is 1.96. The highest BCUT2D eigenvalue weighted by Gasteiger charge is 2.48. The molecule has 3 rings (SSSR count). The van der Waals surface area contributed by atoms with Gasteiger partial charge in [0.15, 0.2) is 6.10 Å². The molecule has 1 heterocycles. The molecular formula is C17H21NO4. The minimum absolute atomic E-state index is 0.0410. The summed E-state index contributed by atoms with van der Waals surface area (Å²) in [5.41, 5.74) is 0.510. The van der Waals surface area contributed by atoms with Crippen LogP contribution in [-0.4, -0.2) is 39.1 Å². The number of aliphatic carboxylic acids is 1. The van der Waals surface area contributed by atoms with Crippen molar-refractivity contribution in [1.29, 1.82) is 0 Å². The summed E-state index contributed by atoms with van der Waals surface area (Å²) in [4.78, 5) is 25.7. The number of fused-ring (bicyclic) bond motifs is 1. The van der Waals surface area contributed by atoms with Gasteiger partial charge in [0.05, 0.1) is 0 Å². The molecule has 0 bridgehead atoms. The van der Waals surface area contributed by atoms with E-state index in [4.69, 9.17) is 0 Å². The maximum atomic E-state index is 12.7. The predicted molar refractivity (Wildman–Crippen MR) is 80.0 cm³/mol. The standard InChI is InChI=1S/C17H21NO4/c19-15(11-6-2-1-3-7-11)16(20)18-13-9-5-4-8-12(13)10-14(18)17(21)22/h1-3,6-7,12-15,19H,4-5,8-10H2,(H,21,22)/t12?,13?,14?,15-/m1/s1. The maximum Gasteiger partial charge on any atom is 0.326 e. The lowest BCUT2D eigenvalue weighted by molar-refractivity contribution is -0.154. The van der Waals surface area contributed by atoms with Crippen LogP contribution in [0.15, 0.2) is 30.3 Å². The van der Waals surface area contributed by atoms with Crippen LogP contribution < -0.4 is 0 Å². The van der Waals surface area contributed by atoms with E-state index in [0.717, 1.165) is 25.7 Å². The van der Waals surface area contributed by atoms with E-state index in [1.807, 2.05) is 6.07 Å². The monoisotopic (exact) mass is 303 g/mol. The summed E-state index contributed by atoms with van der Waals surface area (Å²) < 4.78 is 0. The topological polar surface area (TPSA) is 77.8 Å². The van der Waals surface area contributed by atoms with E-state index in [9.17, 15) is 19.8 Å². The Morgan fingerprint density at radius 3 is 2.50 bits per heavy atom. The van der Waals surface area contributed by atoms with Crippen LogP contribution >= 0.6 is 0 Å². The molecule has 118 valence electrons. The van der Waals surface area contributed by atoms with Crippen molar-refractivity contribution in [1.82, 2.24) is 4.90 Å². The molecular weight excluding hydrogens is 282 g/mol. The Bertz CT molecular complexity index is 559. The zero-order valence-corrected chi connectivity index (χ0v) is 12.4. The Hall–Kier alpha value is -1.88. The van der Waals surface area contributed by atoms with E-state index in [1.54, 1.807) is 24.3 Å². The summed E-state index contributed by atoms with van der Waals surface area (Å²) in [5, 5.41) is 19.8. The fraction of sp³-hybridized carbons (Fsp3) is 0.529. The lowest BCUT2D eigenvalue weighted by Gasteiger charge is -2.34. The molecule has 2 fully saturated rings. The van der Waals surface area contributed by atoms with Crippen molar-refractivity contribution >= 4 is 11.9 Å². The molecule has 0 spiro atoms. The highest BCUT2D eigenvalue weighted by atomic mass is 16.4. The zero-order chi connectivity index (χ0) is 15.7. The molecule has 1 aliphatic carbocycles. The van der Waals surface area contributed by atoms with Gasteiger partial charge < -0.3 is 15.1 Å². The Balaban J connectivity index is 1.86. The molecule has 1 aromatic rings. The first-order valence-corrected chi connectivity index (χ1v) is 7.87. The first-order valence-electron chi connectivity index (χ1n) is 7.87. The lowest BCUT2D eigenvalue weighted by atomic mass is 9.84. The van der Waals surface area contributed by atoms with Crippen molar-refractivity contribution in [2.75, 3.05) is 0 Å². The SMILES string of the molecule is O=C(O)C1CC2CCCCC2N1C(=O)[C@H](O)c1ccccc1. The van der Waals surface area contributed by atoms with Crippen LogP contribution in [0.2, 0.25) is 0 Å². The van der Waals surface area contributed by atoms with Gasteiger partial charge in [-0.2, -0.15) is 0 Å². The van der Waals surface area contributed by atoms with Crippen LogP contribution in [-0.2, 0) is 9.59 Å². The number of carboxylic acids is 1. The number of carbonyl (C=O) groups is 2.